The molecule has 4 saturated heterocycles. The van der Waals surface area contributed by atoms with Gasteiger partial charge < -0.3 is 15.4 Å². The lowest BCUT2D eigenvalue weighted by Gasteiger charge is -2.49. The number of piperidine rings is 3. The second-order valence-electron chi connectivity index (χ2n) is 17.2. The van der Waals surface area contributed by atoms with Gasteiger partial charge in [-0.3, -0.25) is 48.3 Å². The molecular weight excluding hydrogens is 815 g/mol. The van der Waals surface area contributed by atoms with E-state index in [0.717, 1.165) is 60.6 Å². The predicted octanol–water partition coefficient (Wildman–Crippen LogP) is 4.23. The summed E-state index contributed by atoms with van der Waals surface area (Å²) in [4.78, 5) is 80.4. The van der Waals surface area contributed by atoms with Crippen LogP contribution in [0.4, 0.5) is 20.3 Å². The van der Waals surface area contributed by atoms with Gasteiger partial charge in [0.05, 0.1) is 23.4 Å². The summed E-state index contributed by atoms with van der Waals surface area (Å²) < 4.78 is 40.8. The third-order valence-electron chi connectivity index (χ3n) is 13.4. The fourth-order valence-corrected chi connectivity index (χ4v) is 9.91. The van der Waals surface area contributed by atoms with Gasteiger partial charge in [0.1, 0.15) is 35.4 Å². The maximum Gasteiger partial charge on any atom is 0.335 e. The summed E-state index contributed by atoms with van der Waals surface area (Å²) in [7, 11) is 0. The molecule has 2 atom stereocenters. The van der Waals surface area contributed by atoms with E-state index in [1.807, 2.05) is 41.3 Å². The number of nitrogen functional groups attached to an aromatic ring is 1. The van der Waals surface area contributed by atoms with Crippen molar-refractivity contribution in [2.24, 2.45) is 5.92 Å². The van der Waals surface area contributed by atoms with Gasteiger partial charge in [-0.2, -0.15) is 0 Å². The molecule has 5 aliphatic heterocycles. The lowest BCUT2D eigenvalue weighted by Crippen LogP contribution is -2.61. The fourth-order valence-electron chi connectivity index (χ4n) is 9.91. The van der Waals surface area contributed by atoms with Crippen molar-refractivity contribution in [2.45, 2.75) is 62.6 Å². The number of nitrogens with zero attached hydrogens (tertiary/aromatic N) is 8. The largest absolute Gasteiger partial charge is 0.457 e. The molecule has 4 fully saturated rings. The minimum atomic E-state index is -3.22. The van der Waals surface area contributed by atoms with E-state index in [2.05, 4.69) is 25.1 Å². The molecule has 4 amide bonds. The monoisotopic (exact) mass is 860 g/mol. The van der Waals surface area contributed by atoms with Crippen LogP contribution in [0.5, 0.6) is 11.5 Å². The summed E-state index contributed by atoms with van der Waals surface area (Å²) in [6, 6.07) is 19.1. The van der Waals surface area contributed by atoms with Crippen molar-refractivity contribution in [2.75, 3.05) is 56.4 Å². The van der Waals surface area contributed by atoms with Gasteiger partial charge in [-0.15, -0.1) is 0 Å². The number of anilines is 2. The molecule has 2 aromatic heterocycles. The topological polar surface area (TPSA) is 181 Å². The molecule has 5 aromatic rings. The Morgan fingerprint density at radius 3 is 2.25 bits per heavy atom. The van der Waals surface area contributed by atoms with Gasteiger partial charge in [0.25, 0.3) is 17.7 Å². The Morgan fingerprint density at radius 2 is 1.52 bits per heavy atom. The third-order valence-corrected chi connectivity index (χ3v) is 13.4. The maximum absolute atomic E-state index is 16.2. The number of para-hydroxylation sites is 1. The average molecular weight is 861 g/mol. The SMILES string of the molecule is Nc1ncnc2c1n(-c1ccc(Oc3ccccc3)cc1)c(=O)n2[C@@H]1CCN(CCC2CCN(C3CN(c4ccc5c(c4)C(=O)N(C4CCC(=O)NC4=O)C5=O)C3)CC2)CC1(F)F. The van der Waals surface area contributed by atoms with E-state index in [9.17, 15) is 24.0 Å². The zero-order valence-electron chi connectivity index (χ0n) is 34.4. The number of hydrogen-bond donors (Lipinski definition) is 2. The molecule has 0 radical (unpaired) electrons. The number of carbonyl (C=O) groups is 4. The van der Waals surface area contributed by atoms with Crippen molar-refractivity contribution in [3.8, 4) is 17.2 Å². The Kier molecular flexibility index (Phi) is 10.3. The third kappa shape index (κ3) is 7.39. The molecule has 16 nitrogen and oxygen atoms in total. The molecule has 5 aliphatic rings. The second kappa shape index (κ2) is 16.0. The van der Waals surface area contributed by atoms with Crippen LogP contribution in [-0.4, -0.2) is 121 Å². The first kappa shape index (κ1) is 40.5. The van der Waals surface area contributed by atoms with Crippen molar-refractivity contribution in [3.63, 3.8) is 0 Å². The first-order chi connectivity index (χ1) is 30.4. The lowest BCUT2D eigenvalue weighted by atomic mass is 9.90. The number of rotatable bonds is 10. The van der Waals surface area contributed by atoms with Crippen LogP contribution in [0.25, 0.3) is 16.9 Å². The number of amides is 4. The van der Waals surface area contributed by atoms with E-state index in [0.29, 0.717) is 42.2 Å². The molecule has 1 unspecified atom stereocenters. The Morgan fingerprint density at radius 1 is 0.810 bits per heavy atom. The number of fused-ring (bicyclic) bond motifs is 2. The molecule has 3 aromatic carbocycles. The van der Waals surface area contributed by atoms with E-state index in [1.165, 1.54) is 10.9 Å². The van der Waals surface area contributed by atoms with Gasteiger partial charge in [-0.25, -0.2) is 23.5 Å². The van der Waals surface area contributed by atoms with Crippen LogP contribution in [0.3, 0.4) is 0 Å². The van der Waals surface area contributed by atoms with Gasteiger partial charge in [-0.1, -0.05) is 18.2 Å². The average Bonchev–Trinajstić information content (AvgIpc) is 3.69. The van der Waals surface area contributed by atoms with Gasteiger partial charge in [0.15, 0.2) is 11.5 Å². The number of ether oxygens (including phenoxy) is 1. The van der Waals surface area contributed by atoms with E-state index < -0.39 is 53.9 Å². The molecule has 326 valence electrons. The molecule has 0 spiro atoms. The lowest BCUT2D eigenvalue weighted by molar-refractivity contribution is -0.136. The Labute approximate surface area is 360 Å². The highest BCUT2D eigenvalue weighted by molar-refractivity contribution is 6.23. The summed E-state index contributed by atoms with van der Waals surface area (Å²) in [6.07, 6.45) is 4.15. The first-order valence-electron chi connectivity index (χ1n) is 21.4. The fraction of sp³-hybridized carbons (Fsp3) is 0.400. The zero-order valence-corrected chi connectivity index (χ0v) is 34.4. The quantitative estimate of drug-likeness (QED) is 0.191. The maximum atomic E-state index is 16.2. The zero-order chi connectivity index (χ0) is 43.6. The number of aromatic nitrogens is 4. The Hall–Kier alpha value is -6.53. The van der Waals surface area contributed by atoms with Crippen LogP contribution in [0.1, 0.15) is 65.3 Å². The predicted molar refractivity (Wildman–Crippen MR) is 227 cm³/mol. The summed E-state index contributed by atoms with van der Waals surface area (Å²) >= 11 is 0. The number of nitrogens with two attached hydrogens (primary N) is 1. The van der Waals surface area contributed by atoms with E-state index in [1.54, 1.807) is 36.4 Å². The Balaban J connectivity index is 0.726. The van der Waals surface area contributed by atoms with Crippen LogP contribution in [0.15, 0.2) is 83.9 Å². The molecular formula is C45H46F2N10O6. The van der Waals surface area contributed by atoms with Gasteiger partial charge >= 0.3 is 5.69 Å². The molecule has 10 rings (SSSR count). The number of imidazole rings is 1. The van der Waals surface area contributed by atoms with E-state index >= 15 is 8.78 Å². The smallest absolute Gasteiger partial charge is 0.335 e. The molecule has 0 saturated carbocycles. The van der Waals surface area contributed by atoms with Crippen molar-refractivity contribution in [3.05, 3.63) is 101 Å². The number of hydrogen-bond acceptors (Lipinski definition) is 12. The van der Waals surface area contributed by atoms with Crippen molar-refractivity contribution in [1.29, 1.82) is 0 Å². The molecule has 63 heavy (non-hydrogen) atoms. The van der Waals surface area contributed by atoms with Crippen LogP contribution >= 0.6 is 0 Å². The highest BCUT2D eigenvalue weighted by Crippen LogP contribution is 2.39. The van der Waals surface area contributed by atoms with Crippen LogP contribution in [0, 0.1) is 5.92 Å². The highest BCUT2D eigenvalue weighted by atomic mass is 19.3. The summed E-state index contributed by atoms with van der Waals surface area (Å²) in [5, 5.41) is 2.22. The molecule has 3 N–H and O–H groups in total. The van der Waals surface area contributed by atoms with Gasteiger partial charge in [-0.05, 0) is 112 Å². The summed E-state index contributed by atoms with van der Waals surface area (Å²) in [5.74, 6) is -3.71. The van der Waals surface area contributed by atoms with Gasteiger partial charge in [0.2, 0.25) is 11.8 Å². The highest BCUT2D eigenvalue weighted by Gasteiger charge is 2.48. The number of alkyl halides is 2. The minimum absolute atomic E-state index is 0.0130. The van der Waals surface area contributed by atoms with E-state index in [-0.39, 0.29) is 47.4 Å². The molecule has 0 bridgehead atoms. The standard InChI is InChI=1S/C45H46F2N10O6/c46-45(47)25-52(19-17-36(45)57-40-38(39(48)49-26-50-40)55(44(57)62)28-6-9-32(10-7-28)63-31-4-2-1-3-5-31)18-14-27-15-20-53(21-16-27)30-23-54(24-30)29-8-11-33-34(22-29)43(61)56(42(33)60)35-12-13-37(58)51-41(35)59/h1-11,22,26-27,30,35-36H,12-21,23-25H2,(H2,48,49,50)(H,51,58,59)/t35?,36-/m1/s1. The summed E-state index contributed by atoms with van der Waals surface area (Å²) in [5.41, 5.74) is 7.63. The number of imide groups is 2. The Bertz CT molecular complexity index is 2680. The van der Waals surface area contributed by atoms with Crippen LogP contribution < -0.4 is 26.4 Å². The minimum Gasteiger partial charge on any atom is -0.457 e. The molecule has 18 heteroatoms. The van der Waals surface area contributed by atoms with Crippen LogP contribution in [-0.2, 0) is 9.59 Å². The van der Waals surface area contributed by atoms with E-state index in [4.69, 9.17) is 10.5 Å². The molecule has 7 heterocycles. The van der Waals surface area contributed by atoms with Crippen molar-refractivity contribution >= 4 is 46.3 Å². The molecule has 0 aliphatic carbocycles. The number of likely N-dealkylation sites (tertiary alicyclic amines) is 2. The van der Waals surface area contributed by atoms with Crippen molar-refractivity contribution < 1.29 is 32.7 Å². The normalized spacial score (nSPS) is 22.4. The number of halogens is 2. The van der Waals surface area contributed by atoms with Gasteiger partial charge in [0, 0.05) is 37.8 Å². The number of benzene rings is 3. The number of carbonyl (C=O) groups excluding carboxylic acids is 4. The second-order valence-corrected chi connectivity index (χ2v) is 17.2. The first-order valence-corrected chi connectivity index (χ1v) is 21.4. The van der Waals surface area contributed by atoms with Crippen LogP contribution in [0.2, 0.25) is 0 Å². The summed E-state index contributed by atoms with van der Waals surface area (Å²) in [6.45, 7) is 3.80. The van der Waals surface area contributed by atoms with Crippen molar-refractivity contribution in [1.82, 2.24) is 39.1 Å². The number of nitrogens with one attached hydrogen (secondary N) is 1.